The smallest absolute Gasteiger partial charge is 0.0489 e. The van der Waals surface area contributed by atoms with Crippen LogP contribution in [0.3, 0.4) is 0 Å². The fourth-order valence-corrected chi connectivity index (χ4v) is 3.61. The van der Waals surface area contributed by atoms with E-state index in [1.165, 1.54) is 53.3 Å². The van der Waals surface area contributed by atoms with Gasteiger partial charge in [0.15, 0.2) is 0 Å². The summed E-state index contributed by atoms with van der Waals surface area (Å²) in [5.41, 5.74) is 11.8. The molecule has 18 heavy (non-hydrogen) atoms. The number of nitrogens with one attached hydrogen (secondary N) is 1. The lowest BCUT2D eigenvalue weighted by atomic mass is 9.78. The molecule has 3 N–H and O–H groups in total. The topological polar surface area (TPSA) is 41.8 Å². The number of rotatable bonds is 2. The molecule has 1 aliphatic rings. The molecule has 96 valence electrons. The van der Waals surface area contributed by atoms with Crippen LogP contribution in [0.15, 0.2) is 18.3 Å². The standard InChI is InChI=1S/C16H22N2/c1-11-5-6-12(2)15-14(11)13(9-18-15)16(10-17)7-3-4-8-16/h5-6,9,18H,3-4,7-8,10,17H2,1-2H3. The van der Waals surface area contributed by atoms with Crippen molar-refractivity contribution in [2.24, 2.45) is 5.73 Å². The maximum Gasteiger partial charge on any atom is 0.0489 e. The van der Waals surface area contributed by atoms with Gasteiger partial charge in [-0.05, 0) is 43.4 Å². The number of benzene rings is 1. The van der Waals surface area contributed by atoms with Crippen LogP contribution in [0, 0.1) is 13.8 Å². The highest BCUT2D eigenvalue weighted by Gasteiger charge is 2.36. The predicted octanol–water partition coefficient (Wildman–Crippen LogP) is 3.56. The Morgan fingerprint density at radius 2 is 1.83 bits per heavy atom. The first-order chi connectivity index (χ1) is 8.68. The molecule has 3 rings (SSSR count). The highest BCUT2D eigenvalue weighted by Crippen LogP contribution is 2.44. The number of aromatic amines is 1. The van der Waals surface area contributed by atoms with Crippen molar-refractivity contribution in [1.29, 1.82) is 0 Å². The summed E-state index contributed by atoms with van der Waals surface area (Å²) in [6.45, 7) is 5.15. The number of fused-ring (bicyclic) bond motifs is 1. The molecule has 0 radical (unpaired) electrons. The van der Waals surface area contributed by atoms with Gasteiger partial charge in [0.2, 0.25) is 0 Å². The summed E-state index contributed by atoms with van der Waals surface area (Å²) < 4.78 is 0. The first-order valence-corrected chi connectivity index (χ1v) is 6.96. The summed E-state index contributed by atoms with van der Waals surface area (Å²) in [7, 11) is 0. The molecule has 2 nitrogen and oxygen atoms in total. The highest BCUT2D eigenvalue weighted by molar-refractivity contribution is 5.90. The quantitative estimate of drug-likeness (QED) is 0.830. The molecule has 0 atom stereocenters. The SMILES string of the molecule is Cc1ccc(C)c2c(C3(CN)CCCC3)c[nH]c12. The van der Waals surface area contributed by atoms with Crippen LogP contribution in [0.25, 0.3) is 10.9 Å². The van der Waals surface area contributed by atoms with E-state index in [1.54, 1.807) is 0 Å². The van der Waals surface area contributed by atoms with Crippen molar-refractivity contribution in [3.63, 3.8) is 0 Å². The van der Waals surface area contributed by atoms with Gasteiger partial charge in [-0.25, -0.2) is 0 Å². The molecule has 0 aliphatic heterocycles. The van der Waals surface area contributed by atoms with E-state index in [-0.39, 0.29) is 5.41 Å². The van der Waals surface area contributed by atoms with Crippen LogP contribution in [0.5, 0.6) is 0 Å². The first kappa shape index (κ1) is 11.8. The Kier molecular flexibility index (Phi) is 2.70. The van der Waals surface area contributed by atoms with Crippen molar-refractivity contribution in [3.05, 3.63) is 35.0 Å². The van der Waals surface area contributed by atoms with Crippen LogP contribution < -0.4 is 5.73 Å². The Morgan fingerprint density at radius 3 is 2.50 bits per heavy atom. The Labute approximate surface area is 109 Å². The average Bonchev–Trinajstić information content (AvgIpc) is 3.00. The Morgan fingerprint density at radius 1 is 1.17 bits per heavy atom. The van der Waals surface area contributed by atoms with E-state index in [1.807, 2.05) is 0 Å². The van der Waals surface area contributed by atoms with Gasteiger partial charge in [0.05, 0.1) is 0 Å². The summed E-state index contributed by atoms with van der Waals surface area (Å²) in [4.78, 5) is 3.48. The summed E-state index contributed by atoms with van der Waals surface area (Å²) in [6, 6.07) is 4.43. The van der Waals surface area contributed by atoms with E-state index in [0.717, 1.165) is 6.54 Å². The minimum absolute atomic E-state index is 0.219. The fraction of sp³-hybridized carbons (Fsp3) is 0.500. The van der Waals surface area contributed by atoms with Crippen LogP contribution in [0.1, 0.15) is 42.4 Å². The monoisotopic (exact) mass is 242 g/mol. The summed E-state index contributed by atoms with van der Waals surface area (Å²) in [5, 5.41) is 1.42. The lowest BCUT2D eigenvalue weighted by Crippen LogP contribution is -2.31. The maximum atomic E-state index is 6.13. The van der Waals surface area contributed by atoms with Crippen LogP contribution in [0.2, 0.25) is 0 Å². The highest BCUT2D eigenvalue weighted by atomic mass is 14.7. The molecule has 0 unspecified atom stereocenters. The van der Waals surface area contributed by atoms with E-state index in [9.17, 15) is 0 Å². The van der Waals surface area contributed by atoms with Gasteiger partial charge < -0.3 is 10.7 Å². The van der Waals surface area contributed by atoms with Crippen LogP contribution >= 0.6 is 0 Å². The molecule has 1 fully saturated rings. The zero-order valence-corrected chi connectivity index (χ0v) is 11.3. The third-order valence-corrected chi connectivity index (χ3v) is 4.77. The molecule has 0 spiro atoms. The van der Waals surface area contributed by atoms with Gasteiger partial charge in [-0.3, -0.25) is 0 Å². The van der Waals surface area contributed by atoms with Gasteiger partial charge in [0, 0.05) is 29.1 Å². The molecule has 0 amide bonds. The van der Waals surface area contributed by atoms with E-state index in [2.05, 4.69) is 37.2 Å². The average molecular weight is 242 g/mol. The van der Waals surface area contributed by atoms with Crippen LogP contribution in [0.4, 0.5) is 0 Å². The molecule has 1 saturated carbocycles. The van der Waals surface area contributed by atoms with Crippen molar-refractivity contribution in [3.8, 4) is 0 Å². The Balaban J connectivity index is 2.27. The fourth-order valence-electron chi connectivity index (χ4n) is 3.61. The number of aryl methyl sites for hydroxylation is 2. The van der Waals surface area contributed by atoms with E-state index in [0.29, 0.717) is 0 Å². The Hall–Kier alpha value is -1.28. The van der Waals surface area contributed by atoms with Crippen LogP contribution in [-0.4, -0.2) is 11.5 Å². The minimum atomic E-state index is 0.219. The second-order valence-electron chi connectivity index (χ2n) is 5.84. The molecular formula is C16H22N2. The number of H-pyrrole nitrogens is 1. The third kappa shape index (κ3) is 1.52. The molecule has 2 heteroatoms. The molecule has 0 bridgehead atoms. The zero-order chi connectivity index (χ0) is 12.8. The lowest BCUT2D eigenvalue weighted by molar-refractivity contribution is 0.457. The summed E-state index contributed by atoms with van der Waals surface area (Å²) in [5.74, 6) is 0. The first-order valence-electron chi connectivity index (χ1n) is 6.96. The van der Waals surface area contributed by atoms with Gasteiger partial charge in [-0.2, -0.15) is 0 Å². The van der Waals surface area contributed by atoms with E-state index in [4.69, 9.17) is 5.73 Å². The molecule has 1 aliphatic carbocycles. The van der Waals surface area contributed by atoms with E-state index < -0.39 is 0 Å². The van der Waals surface area contributed by atoms with Gasteiger partial charge in [-0.1, -0.05) is 25.0 Å². The van der Waals surface area contributed by atoms with Gasteiger partial charge in [-0.15, -0.1) is 0 Å². The molecule has 1 aromatic heterocycles. The van der Waals surface area contributed by atoms with Crippen molar-refractivity contribution >= 4 is 10.9 Å². The van der Waals surface area contributed by atoms with Crippen molar-refractivity contribution in [2.75, 3.05) is 6.54 Å². The number of hydrogen-bond acceptors (Lipinski definition) is 1. The number of hydrogen-bond donors (Lipinski definition) is 2. The molecule has 1 aromatic carbocycles. The summed E-state index contributed by atoms with van der Waals surface area (Å²) >= 11 is 0. The van der Waals surface area contributed by atoms with Gasteiger partial charge in [0.1, 0.15) is 0 Å². The van der Waals surface area contributed by atoms with Crippen molar-refractivity contribution < 1.29 is 0 Å². The zero-order valence-electron chi connectivity index (χ0n) is 11.3. The second kappa shape index (κ2) is 4.13. The second-order valence-corrected chi connectivity index (χ2v) is 5.84. The molecule has 0 saturated heterocycles. The minimum Gasteiger partial charge on any atom is -0.361 e. The Bertz CT molecular complexity index is 574. The van der Waals surface area contributed by atoms with Crippen molar-refractivity contribution in [1.82, 2.24) is 4.98 Å². The normalized spacial score (nSPS) is 18.6. The lowest BCUT2D eigenvalue weighted by Gasteiger charge is -2.27. The summed E-state index contributed by atoms with van der Waals surface area (Å²) in [6.07, 6.45) is 7.32. The van der Waals surface area contributed by atoms with Crippen LogP contribution in [-0.2, 0) is 5.41 Å². The van der Waals surface area contributed by atoms with Crippen molar-refractivity contribution in [2.45, 2.75) is 44.9 Å². The van der Waals surface area contributed by atoms with E-state index >= 15 is 0 Å². The number of aromatic nitrogens is 1. The molecule has 2 aromatic rings. The number of nitrogens with two attached hydrogens (primary N) is 1. The maximum absolute atomic E-state index is 6.13. The van der Waals surface area contributed by atoms with Gasteiger partial charge in [0.25, 0.3) is 0 Å². The molecular weight excluding hydrogens is 220 g/mol. The van der Waals surface area contributed by atoms with Gasteiger partial charge >= 0.3 is 0 Å². The predicted molar refractivity (Wildman–Crippen MR) is 77.0 cm³/mol. The third-order valence-electron chi connectivity index (χ3n) is 4.77. The molecule has 1 heterocycles. The largest absolute Gasteiger partial charge is 0.361 e.